The van der Waals surface area contributed by atoms with E-state index in [0.29, 0.717) is 22.5 Å². The molecule has 0 aliphatic heterocycles. The fourth-order valence-electron chi connectivity index (χ4n) is 3.29. The van der Waals surface area contributed by atoms with E-state index in [1.807, 2.05) is 18.2 Å². The number of hydrogen-bond acceptors (Lipinski definition) is 5. The monoisotopic (exact) mass is 418 g/mol. The lowest BCUT2D eigenvalue weighted by Crippen LogP contribution is -2.07. The number of pyridine rings is 1. The number of nitrogens with zero attached hydrogens (tertiary/aromatic N) is 2. The summed E-state index contributed by atoms with van der Waals surface area (Å²) in [6.07, 6.45) is 7.28. The number of sulfone groups is 1. The van der Waals surface area contributed by atoms with E-state index in [1.165, 1.54) is 16.7 Å². The summed E-state index contributed by atoms with van der Waals surface area (Å²) >= 11 is 0. The molecule has 4 rings (SSSR count). The van der Waals surface area contributed by atoms with Crippen molar-refractivity contribution in [1.82, 2.24) is 9.55 Å². The van der Waals surface area contributed by atoms with Crippen LogP contribution in [0.5, 0.6) is 11.5 Å². The van der Waals surface area contributed by atoms with Crippen molar-refractivity contribution in [3.8, 4) is 35.1 Å². The zero-order chi connectivity index (χ0) is 21.3. The number of hydrogen-bond donors (Lipinski definition) is 0. The number of terminal acetylenes is 1. The molecule has 6 nitrogen and oxygen atoms in total. The molecule has 0 aliphatic rings. The van der Waals surface area contributed by atoms with Crippen molar-refractivity contribution in [2.45, 2.75) is 9.92 Å². The fourth-order valence-corrected chi connectivity index (χ4v) is 4.70. The third-order valence-electron chi connectivity index (χ3n) is 4.78. The van der Waals surface area contributed by atoms with Crippen LogP contribution in [-0.2, 0) is 9.84 Å². The highest BCUT2D eigenvalue weighted by atomic mass is 32.2. The second-order valence-corrected chi connectivity index (χ2v) is 8.37. The fraction of sp³-hybridized carbons (Fsp3) is 0.0870. The molecular formula is C23H18N2O4S. The minimum atomic E-state index is -3.80. The van der Waals surface area contributed by atoms with Gasteiger partial charge in [-0.3, -0.25) is 0 Å². The van der Waals surface area contributed by atoms with Gasteiger partial charge in [0.15, 0.2) is 22.2 Å². The first-order valence-electron chi connectivity index (χ1n) is 9.00. The van der Waals surface area contributed by atoms with Gasteiger partial charge in [-0.2, -0.15) is 0 Å². The largest absolute Gasteiger partial charge is 0.493 e. The van der Waals surface area contributed by atoms with Gasteiger partial charge in [-0.25, -0.2) is 18.0 Å². The molecule has 4 aromatic rings. The van der Waals surface area contributed by atoms with Crippen LogP contribution in [0.25, 0.3) is 22.2 Å². The van der Waals surface area contributed by atoms with Gasteiger partial charge in [-0.15, -0.1) is 0 Å². The maximum absolute atomic E-state index is 13.1. The number of methoxy groups -OCH3 is 2. The Morgan fingerprint density at radius 3 is 2.33 bits per heavy atom. The Labute approximate surface area is 174 Å². The molecule has 0 N–H and O–H groups in total. The highest BCUT2D eigenvalue weighted by molar-refractivity contribution is 7.91. The van der Waals surface area contributed by atoms with Gasteiger partial charge in [0, 0.05) is 23.2 Å². The van der Waals surface area contributed by atoms with Gasteiger partial charge in [0.1, 0.15) is 0 Å². The smallest absolute Gasteiger partial charge is 0.223 e. The second-order valence-electron chi connectivity index (χ2n) is 6.47. The first-order chi connectivity index (χ1) is 14.5. The van der Waals surface area contributed by atoms with Crippen molar-refractivity contribution in [1.29, 1.82) is 0 Å². The molecule has 7 heteroatoms. The molecule has 30 heavy (non-hydrogen) atoms. The Bertz CT molecular complexity index is 1380. The topological polar surface area (TPSA) is 70.4 Å². The molecule has 0 atom stereocenters. The van der Waals surface area contributed by atoms with Gasteiger partial charge in [0.2, 0.25) is 9.84 Å². The van der Waals surface area contributed by atoms with Crippen molar-refractivity contribution < 1.29 is 17.9 Å². The third kappa shape index (κ3) is 3.17. The summed E-state index contributed by atoms with van der Waals surface area (Å²) in [6, 6.07) is 19.5. The molecule has 0 bridgehead atoms. The van der Waals surface area contributed by atoms with Crippen LogP contribution in [0, 0.1) is 12.5 Å². The summed E-state index contributed by atoms with van der Waals surface area (Å²) < 4.78 is 38.1. The lowest BCUT2D eigenvalue weighted by molar-refractivity contribution is 0.355. The van der Waals surface area contributed by atoms with Crippen LogP contribution in [0.15, 0.2) is 76.8 Å². The first-order valence-corrected chi connectivity index (χ1v) is 10.5. The highest BCUT2D eigenvalue weighted by Crippen LogP contribution is 2.34. The zero-order valence-electron chi connectivity index (χ0n) is 16.4. The maximum atomic E-state index is 13.1. The van der Waals surface area contributed by atoms with Crippen molar-refractivity contribution in [3.63, 3.8) is 0 Å². The molecule has 2 heterocycles. The summed E-state index contributed by atoms with van der Waals surface area (Å²) in [6.45, 7) is 0. The molecule has 2 aromatic carbocycles. The second kappa shape index (κ2) is 7.58. The number of ether oxygens (including phenoxy) is 2. The van der Waals surface area contributed by atoms with Crippen LogP contribution < -0.4 is 9.47 Å². The van der Waals surface area contributed by atoms with E-state index in [9.17, 15) is 8.42 Å². The van der Waals surface area contributed by atoms with Gasteiger partial charge in [-0.1, -0.05) is 30.7 Å². The predicted octanol–water partition coefficient (Wildman–Crippen LogP) is 3.99. The minimum absolute atomic E-state index is 0.00293. The summed E-state index contributed by atoms with van der Waals surface area (Å²) in [5, 5.41) is 0.623. The van der Waals surface area contributed by atoms with E-state index in [-0.39, 0.29) is 9.92 Å². The molecule has 0 spiro atoms. The summed E-state index contributed by atoms with van der Waals surface area (Å²) in [5.41, 5.74) is 2.04. The quantitative estimate of drug-likeness (QED) is 0.458. The molecule has 0 saturated heterocycles. The summed E-state index contributed by atoms with van der Waals surface area (Å²) in [7, 11) is -0.659. The number of fused-ring (bicyclic) bond motifs is 1. The Morgan fingerprint density at radius 2 is 1.67 bits per heavy atom. The number of benzene rings is 2. The van der Waals surface area contributed by atoms with Gasteiger partial charge >= 0.3 is 0 Å². The Morgan fingerprint density at radius 1 is 0.933 bits per heavy atom. The molecule has 2 aromatic heterocycles. The normalized spacial score (nSPS) is 11.2. The zero-order valence-corrected chi connectivity index (χ0v) is 17.2. The van der Waals surface area contributed by atoms with Gasteiger partial charge in [0.05, 0.1) is 19.1 Å². The Kier molecular flexibility index (Phi) is 4.94. The molecule has 0 fully saturated rings. The van der Waals surface area contributed by atoms with E-state index in [0.717, 1.165) is 11.1 Å². The van der Waals surface area contributed by atoms with E-state index in [1.54, 1.807) is 50.7 Å². The van der Waals surface area contributed by atoms with Crippen molar-refractivity contribution in [3.05, 3.63) is 66.9 Å². The van der Waals surface area contributed by atoms with Crippen molar-refractivity contribution in [2.24, 2.45) is 0 Å². The molecule has 0 unspecified atom stereocenters. The first kappa shape index (κ1) is 19.6. The van der Waals surface area contributed by atoms with Crippen LogP contribution in [0.1, 0.15) is 0 Å². The van der Waals surface area contributed by atoms with E-state index >= 15 is 0 Å². The number of rotatable bonds is 5. The van der Waals surface area contributed by atoms with E-state index in [4.69, 9.17) is 15.9 Å². The lowest BCUT2D eigenvalue weighted by atomic mass is 10.1. The molecule has 150 valence electrons. The maximum Gasteiger partial charge on any atom is 0.223 e. The summed E-state index contributed by atoms with van der Waals surface area (Å²) in [4.78, 5) is 4.61. The van der Waals surface area contributed by atoms with Crippen LogP contribution >= 0.6 is 0 Å². The van der Waals surface area contributed by atoms with Crippen LogP contribution in [0.2, 0.25) is 0 Å². The standard InChI is InChI=1S/C23H18N2O4S/c1-4-25-22(30(26,27)19-8-6-5-7-9-19)14-17-12-18(15-24-23(17)25)16-10-11-20(28-2)21(13-16)29-3/h1,5-15H,2-3H3. The van der Waals surface area contributed by atoms with Gasteiger partial charge < -0.3 is 9.47 Å². The van der Waals surface area contributed by atoms with Crippen molar-refractivity contribution in [2.75, 3.05) is 14.2 Å². The Balaban J connectivity index is 1.87. The highest BCUT2D eigenvalue weighted by Gasteiger charge is 2.24. The molecule has 0 saturated carbocycles. The van der Waals surface area contributed by atoms with Crippen LogP contribution in [0.3, 0.4) is 0 Å². The van der Waals surface area contributed by atoms with E-state index in [2.05, 4.69) is 11.0 Å². The van der Waals surface area contributed by atoms with Gasteiger partial charge in [-0.05, 0) is 42.0 Å². The average Bonchev–Trinajstić information content (AvgIpc) is 3.17. The summed E-state index contributed by atoms with van der Waals surface area (Å²) in [5.74, 6) is 1.20. The molecule has 0 radical (unpaired) electrons. The van der Waals surface area contributed by atoms with Crippen LogP contribution in [-0.4, -0.2) is 32.2 Å². The average molecular weight is 418 g/mol. The van der Waals surface area contributed by atoms with Crippen molar-refractivity contribution >= 4 is 20.9 Å². The Hall–Kier alpha value is -3.76. The van der Waals surface area contributed by atoms with Gasteiger partial charge in [0.25, 0.3) is 0 Å². The lowest BCUT2D eigenvalue weighted by Gasteiger charge is -2.09. The van der Waals surface area contributed by atoms with E-state index < -0.39 is 9.84 Å². The predicted molar refractivity (Wildman–Crippen MR) is 114 cm³/mol. The third-order valence-corrected chi connectivity index (χ3v) is 6.52. The minimum Gasteiger partial charge on any atom is -0.493 e. The molecule has 0 aliphatic carbocycles. The molecule has 0 amide bonds. The number of aromatic nitrogens is 2. The SMILES string of the molecule is C#Cn1c(S(=O)(=O)c2ccccc2)cc2cc(-c3ccc(OC)c(OC)c3)cnc21. The molecular weight excluding hydrogens is 400 g/mol. The van der Waals surface area contributed by atoms with Crippen LogP contribution in [0.4, 0.5) is 0 Å².